The number of carbonyl (C=O) groups is 3. The van der Waals surface area contributed by atoms with Gasteiger partial charge >= 0.3 is 0 Å². The number of hydrogen-bond acceptors (Lipinski definition) is 4. The number of fused-ring (bicyclic) bond motifs is 5. The van der Waals surface area contributed by atoms with Gasteiger partial charge in [-0.05, 0) is 42.4 Å². The molecule has 4 rings (SSSR count). The average Bonchev–Trinajstić information content (AvgIpc) is 3.47. The van der Waals surface area contributed by atoms with Crippen LogP contribution in [0.4, 0.5) is 5.69 Å². The third-order valence-corrected chi connectivity index (χ3v) is 6.59. The molecule has 178 valence electrons. The van der Waals surface area contributed by atoms with Crippen LogP contribution in [-0.4, -0.2) is 48.7 Å². The van der Waals surface area contributed by atoms with Crippen molar-refractivity contribution in [3.63, 3.8) is 0 Å². The molecule has 4 unspecified atom stereocenters. The van der Waals surface area contributed by atoms with Crippen molar-refractivity contribution in [2.24, 2.45) is 28.7 Å². The van der Waals surface area contributed by atoms with Crippen LogP contribution in [0.2, 0.25) is 0 Å². The van der Waals surface area contributed by atoms with Gasteiger partial charge in [0.05, 0.1) is 11.8 Å². The highest BCUT2D eigenvalue weighted by Gasteiger charge is 2.58. The highest BCUT2D eigenvalue weighted by molar-refractivity contribution is 14.0. The van der Waals surface area contributed by atoms with Crippen LogP contribution >= 0.6 is 24.0 Å². The number of likely N-dealkylation sites (tertiary alicyclic amines) is 1. The minimum atomic E-state index is -0.148. The highest BCUT2D eigenvalue weighted by atomic mass is 127. The van der Waals surface area contributed by atoms with Gasteiger partial charge in [-0.2, -0.15) is 0 Å². The zero-order chi connectivity index (χ0) is 22.7. The number of anilines is 1. The topological polar surface area (TPSA) is 103 Å². The lowest BCUT2D eigenvalue weighted by atomic mass is 9.85. The predicted molar refractivity (Wildman–Crippen MR) is 138 cm³/mol. The average molecular weight is 565 g/mol. The number of halogens is 1. The van der Waals surface area contributed by atoms with Gasteiger partial charge in [0, 0.05) is 38.8 Å². The number of carbonyl (C=O) groups excluding carboxylic acids is 3. The third-order valence-electron chi connectivity index (χ3n) is 6.59. The number of hydrogen-bond donors (Lipinski definition) is 3. The number of guanidine groups is 1. The van der Waals surface area contributed by atoms with E-state index in [2.05, 4.69) is 33.1 Å². The third kappa shape index (κ3) is 5.39. The number of benzene rings is 1. The van der Waals surface area contributed by atoms with Crippen molar-refractivity contribution in [1.29, 1.82) is 0 Å². The van der Waals surface area contributed by atoms with E-state index in [0.717, 1.165) is 24.1 Å². The molecule has 2 aliphatic carbocycles. The van der Waals surface area contributed by atoms with E-state index in [-0.39, 0.29) is 65.4 Å². The summed E-state index contributed by atoms with van der Waals surface area (Å²) in [5.41, 5.74) is 1.82. The Bertz CT molecular complexity index is 916. The summed E-state index contributed by atoms with van der Waals surface area (Å²) in [6.07, 6.45) is 6.49. The van der Waals surface area contributed by atoms with Crippen molar-refractivity contribution in [3.05, 3.63) is 42.0 Å². The van der Waals surface area contributed by atoms with Crippen molar-refractivity contribution < 1.29 is 14.4 Å². The Labute approximate surface area is 211 Å². The molecule has 3 N–H and O–H groups in total. The summed E-state index contributed by atoms with van der Waals surface area (Å²) in [5, 5.41) is 9.29. The summed E-state index contributed by atoms with van der Waals surface area (Å²) in [4.78, 5) is 42.8. The molecule has 0 aromatic heterocycles. The number of rotatable bonds is 8. The summed E-state index contributed by atoms with van der Waals surface area (Å²) >= 11 is 0. The quantitative estimate of drug-likeness (QED) is 0.148. The Morgan fingerprint density at radius 1 is 1.06 bits per heavy atom. The molecule has 1 saturated heterocycles. The van der Waals surface area contributed by atoms with Crippen LogP contribution in [0.5, 0.6) is 0 Å². The maximum Gasteiger partial charge on any atom is 0.233 e. The first kappa shape index (κ1) is 25.2. The minimum absolute atomic E-state index is 0. The lowest BCUT2D eigenvalue weighted by Crippen LogP contribution is -2.43. The van der Waals surface area contributed by atoms with Gasteiger partial charge in [-0.3, -0.25) is 24.3 Å². The van der Waals surface area contributed by atoms with Gasteiger partial charge in [-0.15, -0.1) is 24.0 Å². The highest BCUT2D eigenvalue weighted by Crippen LogP contribution is 2.52. The molecular weight excluding hydrogens is 533 g/mol. The van der Waals surface area contributed by atoms with Gasteiger partial charge in [-0.25, -0.2) is 0 Å². The van der Waals surface area contributed by atoms with E-state index in [1.807, 2.05) is 31.2 Å². The van der Waals surface area contributed by atoms with Crippen LogP contribution in [0.1, 0.15) is 31.7 Å². The lowest BCUT2D eigenvalue weighted by Gasteiger charge is -2.18. The summed E-state index contributed by atoms with van der Waals surface area (Å²) in [6, 6.07) is 7.66. The van der Waals surface area contributed by atoms with Gasteiger partial charge in [0.1, 0.15) is 0 Å². The monoisotopic (exact) mass is 565 g/mol. The van der Waals surface area contributed by atoms with E-state index < -0.39 is 0 Å². The molecule has 1 aromatic rings. The number of imide groups is 1. The van der Waals surface area contributed by atoms with Crippen LogP contribution < -0.4 is 16.0 Å². The number of nitrogens with zero attached hydrogens (tertiary/aromatic N) is 2. The molecule has 33 heavy (non-hydrogen) atoms. The molecule has 0 radical (unpaired) electrons. The van der Waals surface area contributed by atoms with Crippen LogP contribution in [0.3, 0.4) is 0 Å². The number of allylic oxidation sites excluding steroid dienone is 2. The van der Waals surface area contributed by atoms with E-state index in [1.165, 1.54) is 4.90 Å². The first-order valence-corrected chi connectivity index (χ1v) is 11.4. The standard InChI is InChI=1S/C24H31N5O3.HI/c1-3-4-19(30)28-18-9-5-15(6-10-18)14-27-24(25-2)26-11-12-29-22(31)20-16-7-8-17(13-16)21(20)23(29)32;/h5-10,16-17,20-21H,3-4,11-14H2,1-2H3,(H,28,30)(H2,25,26,27);1H. The summed E-state index contributed by atoms with van der Waals surface area (Å²) in [5.74, 6) is 0.756. The Kier molecular flexibility index (Phi) is 8.50. The number of amides is 3. The maximum atomic E-state index is 12.7. The first-order chi connectivity index (χ1) is 15.5. The predicted octanol–water partition coefficient (Wildman–Crippen LogP) is 2.52. The zero-order valence-corrected chi connectivity index (χ0v) is 21.4. The maximum absolute atomic E-state index is 12.7. The smallest absolute Gasteiger partial charge is 0.233 e. The minimum Gasteiger partial charge on any atom is -0.355 e. The molecule has 8 nitrogen and oxygen atoms in total. The fraction of sp³-hybridized carbons (Fsp3) is 0.500. The van der Waals surface area contributed by atoms with Crippen LogP contribution in [0.25, 0.3) is 0 Å². The molecule has 1 heterocycles. The fourth-order valence-electron chi connectivity index (χ4n) is 5.03. The van der Waals surface area contributed by atoms with E-state index in [4.69, 9.17) is 0 Å². The molecule has 2 bridgehead atoms. The van der Waals surface area contributed by atoms with E-state index >= 15 is 0 Å². The van der Waals surface area contributed by atoms with Crippen LogP contribution in [-0.2, 0) is 20.9 Å². The fourth-order valence-corrected chi connectivity index (χ4v) is 5.03. The normalized spacial score (nSPS) is 25.2. The Balaban J connectivity index is 0.00000306. The lowest BCUT2D eigenvalue weighted by molar-refractivity contribution is -0.140. The van der Waals surface area contributed by atoms with Gasteiger partial charge in [0.2, 0.25) is 17.7 Å². The van der Waals surface area contributed by atoms with Crippen molar-refractivity contribution in [2.45, 2.75) is 32.7 Å². The molecule has 1 aromatic carbocycles. The number of nitrogens with one attached hydrogen (secondary N) is 3. The molecular formula is C24H32IN5O3. The van der Waals surface area contributed by atoms with E-state index in [9.17, 15) is 14.4 Å². The first-order valence-electron chi connectivity index (χ1n) is 11.4. The molecule has 2 fully saturated rings. The molecule has 3 aliphatic rings. The zero-order valence-electron chi connectivity index (χ0n) is 19.0. The van der Waals surface area contributed by atoms with Crippen LogP contribution in [0, 0.1) is 23.7 Å². The largest absolute Gasteiger partial charge is 0.355 e. The van der Waals surface area contributed by atoms with Crippen molar-refractivity contribution >= 4 is 53.3 Å². The van der Waals surface area contributed by atoms with Gasteiger partial charge in [0.15, 0.2) is 5.96 Å². The van der Waals surface area contributed by atoms with Gasteiger partial charge < -0.3 is 16.0 Å². The van der Waals surface area contributed by atoms with E-state index in [1.54, 1.807) is 7.05 Å². The van der Waals surface area contributed by atoms with Crippen LogP contribution in [0.15, 0.2) is 41.4 Å². The molecule has 1 aliphatic heterocycles. The molecule has 1 saturated carbocycles. The van der Waals surface area contributed by atoms with E-state index in [0.29, 0.717) is 32.0 Å². The Morgan fingerprint density at radius 3 is 2.27 bits per heavy atom. The summed E-state index contributed by atoms with van der Waals surface area (Å²) in [7, 11) is 1.68. The van der Waals surface area contributed by atoms with Gasteiger partial charge in [-0.1, -0.05) is 31.2 Å². The number of aliphatic imine (C=N–C) groups is 1. The second-order valence-corrected chi connectivity index (χ2v) is 8.68. The second kappa shape index (κ2) is 11.1. The van der Waals surface area contributed by atoms with Gasteiger partial charge in [0.25, 0.3) is 0 Å². The van der Waals surface area contributed by atoms with Crippen molar-refractivity contribution in [3.8, 4) is 0 Å². The van der Waals surface area contributed by atoms with Crippen molar-refractivity contribution in [2.75, 3.05) is 25.5 Å². The van der Waals surface area contributed by atoms with Crippen molar-refractivity contribution in [1.82, 2.24) is 15.5 Å². The Morgan fingerprint density at radius 2 is 1.70 bits per heavy atom. The SMILES string of the molecule is CCCC(=O)Nc1ccc(CNC(=NC)NCCN2C(=O)C3C4C=CC(C4)C3C2=O)cc1.I. The summed E-state index contributed by atoms with van der Waals surface area (Å²) < 4.78 is 0. The summed E-state index contributed by atoms with van der Waals surface area (Å²) in [6.45, 7) is 3.32. The Hall–Kier alpha value is -2.43. The molecule has 3 amide bonds. The molecule has 9 heteroatoms. The molecule has 4 atom stereocenters. The molecule has 0 spiro atoms. The second-order valence-electron chi connectivity index (χ2n) is 8.68.